The second kappa shape index (κ2) is 11.7. The summed E-state index contributed by atoms with van der Waals surface area (Å²) in [5.74, 6) is 2.27. The van der Waals surface area contributed by atoms with E-state index in [0.717, 1.165) is 17.0 Å². The van der Waals surface area contributed by atoms with Crippen molar-refractivity contribution in [2.24, 2.45) is 0 Å². The number of hydrogen-bond donors (Lipinski definition) is 0. The first kappa shape index (κ1) is 29.3. The van der Waals surface area contributed by atoms with Crippen LogP contribution in [0.4, 0.5) is 11.4 Å². The maximum Gasteiger partial charge on any atom is 0.163 e. The van der Waals surface area contributed by atoms with Gasteiger partial charge in [0, 0.05) is 33.8 Å². The largest absolute Gasteiger partial charge is 0.334 e. The van der Waals surface area contributed by atoms with Gasteiger partial charge in [0.05, 0.1) is 5.54 Å². The van der Waals surface area contributed by atoms with E-state index in [1.54, 1.807) is 0 Å². The number of rotatable bonds is 7. The third-order valence-electron chi connectivity index (χ3n) is 9.34. The fraction of sp³-hybridized carbons (Fsp3) is 0.225. The van der Waals surface area contributed by atoms with Crippen LogP contribution in [0.2, 0.25) is 0 Å². The third kappa shape index (κ3) is 4.94. The summed E-state index contributed by atoms with van der Waals surface area (Å²) in [4.78, 5) is 17.9. The molecule has 0 fully saturated rings. The molecular weight excluding hydrogens is 536 g/mol. The van der Waals surface area contributed by atoms with Gasteiger partial charge in [-0.05, 0) is 56.5 Å². The van der Waals surface area contributed by atoms with E-state index in [-0.39, 0.29) is 5.92 Å². The molecule has 1 aliphatic heterocycles. The van der Waals surface area contributed by atoms with Crippen LogP contribution in [0.1, 0.15) is 75.8 Å². The third-order valence-corrected chi connectivity index (χ3v) is 9.34. The molecule has 0 radical (unpaired) electrons. The molecule has 0 bridgehead atoms. The van der Waals surface area contributed by atoms with Gasteiger partial charge in [0.1, 0.15) is 5.82 Å². The Bertz CT molecular complexity index is 1790. The smallest absolute Gasteiger partial charge is 0.163 e. The highest BCUT2D eigenvalue weighted by Gasteiger charge is 2.49. The van der Waals surface area contributed by atoms with Gasteiger partial charge in [-0.2, -0.15) is 0 Å². The van der Waals surface area contributed by atoms with Crippen LogP contribution in [-0.2, 0) is 5.41 Å². The summed E-state index contributed by atoms with van der Waals surface area (Å²) in [6.07, 6.45) is 6.15. The van der Waals surface area contributed by atoms with Gasteiger partial charge in [0.15, 0.2) is 11.6 Å². The van der Waals surface area contributed by atoms with E-state index in [4.69, 9.17) is 15.0 Å². The quantitative estimate of drug-likeness (QED) is 0.181. The molecule has 0 aliphatic carbocycles. The van der Waals surface area contributed by atoms with Crippen molar-refractivity contribution in [1.82, 2.24) is 15.0 Å². The normalized spacial score (nSPS) is 14.0. The van der Waals surface area contributed by atoms with Gasteiger partial charge in [-0.3, -0.25) is 0 Å². The molecule has 4 nitrogen and oxygen atoms in total. The maximum atomic E-state index is 5.19. The Morgan fingerprint density at radius 2 is 1.20 bits per heavy atom. The van der Waals surface area contributed by atoms with Crippen molar-refractivity contribution >= 4 is 16.9 Å². The number of para-hydroxylation sites is 2. The Kier molecular flexibility index (Phi) is 7.77. The topological polar surface area (TPSA) is 41.9 Å². The average molecular weight is 577 g/mol. The van der Waals surface area contributed by atoms with Crippen molar-refractivity contribution in [3.63, 3.8) is 0 Å². The summed E-state index contributed by atoms with van der Waals surface area (Å²) in [5.41, 5.74) is 7.29. The summed E-state index contributed by atoms with van der Waals surface area (Å²) in [6, 6.07) is 38.7. The lowest BCUT2D eigenvalue weighted by Gasteiger charge is -2.53. The molecule has 220 valence electrons. The number of aromatic nitrogens is 3. The number of nitrogens with zero attached hydrogens (tertiary/aromatic N) is 4. The van der Waals surface area contributed by atoms with E-state index in [1.165, 1.54) is 28.1 Å². The lowest BCUT2D eigenvalue weighted by molar-refractivity contribution is 0.285. The second-order valence-corrected chi connectivity index (χ2v) is 12.4. The van der Waals surface area contributed by atoms with Crippen LogP contribution in [0.3, 0.4) is 0 Å². The zero-order chi connectivity index (χ0) is 30.9. The molecule has 0 unspecified atom stereocenters. The standard InChI is InChI=1S/C40H40N4/c1-7-19-28(8-2)36-41-37(30-22-13-10-14-23-30)43-38(42-36)39(3,4)40(5,6)44-33-26-17-15-24-31(33)35(29-20-11-9-12-21-29)32-25-16-18-27-34(32)44/h7-27,35H,1-6H3/b19-7-,28-8+. The minimum Gasteiger partial charge on any atom is -0.334 e. The molecule has 4 heteroatoms. The first-order valence-corrected chi connectivity index (χ1v) is 15.4. The van der Waals surface area contributed by atoms with E-state index in [1.807, 2.05) is 38.1 Å². The number of hydrogen-bond acceptors (Lipinski definition) is 4. The molecule has 0 N–H and O–H groups in total. The van der Waals surface area contributed by atoms with Crippen molar-refractivity contribution in [3.05, 3.63) is 156 Å². The van der Waals surface area contributed by atoms with Crippen LogP contribution in [0, 0.1) is 0 Å². The molecule has 5 aromatic rings. The molecule has 0 saturated heterocycles. The molecule has 0 atom stereocenters. The highest BCUT2D eigenvalue weighted by atomic mass is 15.2. The number of allylic oxidation sites excluding steroid dienone is 4. The van der Waals surface area contributed by atoms with Crippen molar-refractivity contribution in [2.75, 3.05) is 4.90 Å². The first-order valence-electron chi connectivity index (χ1n) is 15.4. The van der Waals surface area contributed by atoms with Crippen LogP contribution in [0.15, 0.2) is 127 Å². The molecule has 4 aromatic carbocycles. The zero-order valence-corrected chi connectivity index (χ0v) is 26.5. The highest BCUT2D eigenvalue weighted by molar-refractivity contribution is 5.80. The van der Waals surface area contributed by atoms with Gasteiger partial charge in [-0.1, -0.05) is 129 Å². The van der Waals surface area contributed by atoms with Gasteiger partial charge in [0.25, 0.3) is 0 Å². The van der Waals surface area contributed by atoms with Crippen LogP contribution in [0.25, 0.3) is 17.0 Å². The number of benzene rings is 4. The van der Waals surface area contributed by atoms with Crippen molar-refractivity contribution in [2.45, 2.75) is 58.4 Å². The number of anilines is 2. The van der Waals surface area contributed by atoms with E-state index < -0.39 is 11.0 Å². The predicted octanol–water partition coefficient (Wildman–Crippen LogP) is 9.91. The SMILES string of the molecule is C/C=C\C(=C/C)c1nc(-c2ccccc2)nc(C(C)(C)C(C)(C)N2c3ccccc3C(c3ccccc3)c3ccccc32)n1. The Morgan fingerprint density at radius 3 is 1.77 bits per heavy atom. The Balaban J connectivity index is 1.55. The molecule has 1 aromatic heterocycles. The van der Waals surface area contributed by atoms with Crippen LogP contribution in [0.5, 0.6) is 0 Å². The maximum absolute atomic E-state index is 5.19. The first-order chi connectivity index (χ1) is 21.3. The Morgan fingerprint density at radius 1 is 0.659 bits per heavy atom. The second-order valence-electron chi connectivity index (χ2n) is 12.4. The monoisotopic (exact) mass is 576 g/mol. The molecule has 6 rings (SSSR count). The van der Waals surface area contributed by atoms with Gasteiger partial charge in [0.2, 0.25) is 0 Å². The van der Waals surface area contributed by atoms with Crippen LogP contribution in [-0.4, -0.2) is 20.5 Å². The van der Waals surface area contributed by atoms with Crippen molar-refractivity contribution in [3.8, 4) is 11.4 Å². The van der Waals surface area contributed by atoms with Crippen molar-refractivity contribution < 1.29 is 0 Å². The fourth-order valence-electron chi connectivity index (χ4n) is 6.31. The molecule has 1 aliphatic rings. The van der Waals surface area contributed by atoms with Gasteiger partial charge in [-0.25, -0.2) is 15.0 Å². The molecule has 0 spiro atoms. The van der Waals surface area contributed by atoms with Crippen molar-refractivity contribution in [1.29, 1.82) is 0 Å². The lowest BCUT2D eigenvalue weighted by Crippen LogP contribution is -2.56. The average Bonchev–Trinajstić information content (AvgIpc) is 3.06. The van der Waals surface area contributed by atoms with E-state index in [9.17, 15) is 0 Å². The Hall–Kier alpha value is -4.83. The Labute approximate surface area is 261 Å². The minimum absolute atomic E-state index is 0.144. The van der Waals surface area contributed by atoms with Gasteiger partial charge in [-0.15, -0.1) is 0 Å². The van der Waals surface area contributed by atoms with E-state index >= 15 is 0 Å². The summed E-state index contributed by atoms with van der Waals surface area (Å²) in [5, 5.41) is 0. The molecule has 0 saturated carbocycles. The predicted molar refractivity (Wildman–Crippen MR) is 183 cm³/mol. The van der Waals surface area contributed by atoms with E-state index in [2.05, 4.69) is 136 Å². The molecule has 44 heavy (non-hydrogen) atoms. The van der Waals surface area contributed by atoms with Crippen LogP contribution >= 0.6 is 0 Å². The van der Waals surface area contributed by atoms with E-state index in [0.29, 0.717) is 11.6 Å². The van der Waals surface area contributed by atoms with Gasteiger partial charge >= 0.3 is 0 Å². The summed E-state index contributed by atoms with van der Waals surface area (Å²) in [7, 11) is 0. The van der Waals surface area contributed by atoms with Gasteiger partial charge < -0.3 is 4.90 Å². The minimum atomic E-state index is -0.511. The summed E-state index contributed by atoms with van der Waals surface area (Å²) >= 11 is 0. The number of fused-ring (bicyclic) bond motifs is 2. The fourth-order valence-corrected chi connectivity index (χ4v) is 6.31. The molecular formula is C40H40N4. The molecule has 0 amide bonds. The summed E-state index contributed by atoms with van der Waals surface area (Å²) in [6.45, 7) is 13.2. The van der Waals surface area contributed by atoms with Crippen LogP contribution < -0.4 is 4.90 Å². The highest BCUT2D eigenvalue weighted by Crippen LogP contribution is 2.54. The lowest BCUT2D eigenvalue weighted by atomic mass is 9.70. The summed E-state index contributed by atoms with van der Waals surface area (Å²) < 4.78 is 0. The zero-order valence-electron chi connectivity index (χ0n) is 26.5. The molecule has 2 heterocycles.